The van der Waals surface area contributed by atoms with E-state index in [0.29, 0.717) is 12.1 Å². The first-order chi connectivity index (χ1) is 8.70. The van der Waals surface area contributed by atoms with E-state index in [1.807, 2.05) is 0 Å². The molecule has 1 saturated heterocycles. The Bertz CT molecular complexity index is 381. The number of rotatable bonds is 3. The maximum absolute atomic E-state index is 9.24. The molecule has 3 heteroatoms. The van der Waals surface area contributed by atoms with Crippen LogP contribution in [0.2, 0.25) is 0 Å². The molecule has 0 aromatic heterocycles. The van der Waals surface area contributed by atoms with Gasteiger partial charge in [-0.25, -0.2) is 0 Å². The lowest BCUT2D eigenvalue weighted by Crippen LogP contribution is -2.41. The van der Waals surface area contributed by atoms with Gasteiger partial charge in [0.05, 0.1) is 0 Å². The van der Waals surface area contributed by atoms with E-state index in [1.54, 1.807) is 0 Å². The summed E-state index contributed by atoms with van der Waals surface area (Å²) in [7, 11) is 0. The molecule has 2 atom stereocenters. The third-order valence-electron chi connectivity index (χ3n) is 3.74. The van der Waals surface area contributed by atoms with E-state index in [4.69, 9.17) is 0 Å². The van der Waals surface area contributed by atoms with Crippen molar-refractivity contribution in [2.45, 2.75) is 38.8 Å². The lowest BCUT2D eigenvalue weighted by molar-refractivity contribution is 0.272. The SMILES string of the molecule is Cc1cccc(N2CCC(C)NCC2CCO)c1. The highest BCUT2D eigenvalue weighted by Gasteiger charge is 2.23. The summed E-state index contributed by atoms with van der Waals surface area (Å²) in [6, 6.07) is 9.60. The van der Waals surface area contributed by atoms with E-state index in [9.17, 15) is 5.11 Å². The second-order valence-corrected chi connectivity index (χ2v) is 5.30. The molecule has 1 aliphatic heterocycles. The minimum absolute atomic E-state index is 0.253. The summed E-state index contributed by atoms with van der Waals surface area (Å²) in [5, 5.41) is 12.8. The Morgan fingerprint density at radius 3 is 3.00 bits per heavy atom. The van der Waals surface area contributed by atoms with Gasteiger partial charge in [0.15, 0.2) is 0 Å². The topological polar surface area (TPSA) is 35.5 Å². The molecule has 1 aromatic carbocycles. The monoisotopic (exact) mass is 248 g/mol. The van der Waals surface area contributed by atoms with Crippen LogP contribution in [-0.2, 0) is 0 Å². The van der Waals surface area contributed by atoms with Crippen LogP contribution in [0.4, 0.5) is 5.69 Å². The van der Waals surface area contributed by atoms with Crippen LogP contribution in [0.25, 0.3) is 0 Å². The maximum atomic E-state index is 9.24. The second-order valence-electron chi connectivity index (χ2n) is 5.30. The minimum atomic E-state index is 0.253. The van der Waals surface area contributed by atoms with Crippen LogP contribution < -0.4 is 10.2 Å². The molecule has 0 spiro atoms. The summed E-state index contributed by atoms with van der Waals surface area (Å²) < 4.78 is 0. The number of aryl methyl sites for hydroxylation is 1. The van der Waals surface area contributed by atoms with Gasteiger partial charge in [-0.2, -0.15) is 0 Å². The van der Waals surface area contributed by atoms with Crippen molar-refractivity contribution in [3.05, 3.63) is 29.8 Å². The molecule has 2 rings (SSSR count). The average Bonchev–Trinajstić information content (AvgIpc) is 2.53. The summed E-state index contributed by atoms with van der Waals surface area (Å²) in [5.41, 5.74) is 2.57. The molecule has 1 fully saturated rings. The van der Waals surface area contributed by atoms with E-state index in [2.05, 4.69) is 48.3 Å². The van der Waals surface area contributed by atoms with Crippen molar-refractivity contribution in [3.8, 4) is 0 Å². The zero-order chi connectivity index (χ0) is 13.0. The fourth-order valence-corrected chi connectivity index (χ4v) is 2.62. The Kier molecular flexibility index (Phi) is 4.61. The Hall–Kier alpha value is -1.06. The molecule has 0 amide bonds. The molecule has 1 heterocycles. The van der Waals surface area contributed by atoms with Crippen molar-refractivity contribution in [2.24, 2.45) is 0 Å². The van der Waals surface area contributed by atoms with Gasteiger partial charge in [0.25, 0.3) is 0 Å². The Morgan fingerprint density at radius 1 is 1.44 bits per heavy atom. The molecule has 2 N–H and O–H groups in total. The predicted molar refractivity (Wildman–Crippen MR) is 76.1 cm³/mol. The average molecular weight is 248 g/mol. The third kappa shape index (κ3) is 3.24. The van der Waals surface area contributed by atoms with Crippen molar-refractivity contribution < 1.29 is 5.11 Å². The van der Waals surface area contributed by atoms with E-state index in [0.717, 1.165) is 25.9 Å². The molecule has 2 unspecified atom stereocenters. The van der Waals surface area contributed by atoms with Gasteiger partial charge in [0.2, 0.25) is 0 Å². The van der Waals surface area contributed by atoms with Crippen molar-refractivity contribution >= 4 is 5.69 Å². The van der Waals surface area contributed by atoms with Crippen LogP contribution in [0.1, 0.15) is 25.3 Å². The Balaban J connectivity index is 2.20. The fourth-order valence-electron chi connectivity index (χ4n) is 2.62. The van der Waals surface area contributed by atoms with Crippen molar-refractivity contribution in [1.82, 2.24) is 5.32 Å². The highest BCUT2D eigenvalue weighted by molar-refractivity contribution is 5.49. The second kappa shape index (κ2) is 6.21. The van der Waals surface area contributed by atoms with Crippen molar-refractivity contribution in [1.29, 1.82) is 0 Å². The number of nitrogens with one attached hydrogen (secondary N) is 1. The Labute approximate surface area is 110 Å². The first-order valence-corrected chi connectivity index (χ1v) is 6.88. The van der Waals surface area contributed by atoms with Crippen molar-refractivity contribution in [3.63, 3.8) is 0 Å². The summed E-state index contributed by atoms with van der Waals surface area (Å²) in [5.74, 6) is 0. The van der Waals surface area contributed by atoms with Gasteiger partial charge in [0.1, 0.15) is 0 Å². The first kappa shape index (κ1) is 13.4. The number of aliphatic hydroxyl groups is 1. The number of hydrogen-bond acceptors (Lipinski definition) is 3. The van der Waals surface area contributed by atoms with Crippen molar-refractivity contribution in [2.75, 3.05) is 24.6 Å². The third-order valence-corrected chi connectivity index (χ3v) is 3.74. The van der Waals surface area contributed by atoms with Gasteiger partial charge >= 0.3 is 0 Å². The van der Waals surface area contributed by atoms with Gasteiger partial charge in [-0.15, -0.1) is 0 Å². The highest BCUT2D eigenvalue weighted by Crippen LogP contribution is 2.22. The minimum Gasteiger partial charge on any atom is -0.396 e. The lowest BCUT2D eigenvalue weighted by Gasteiger charge is -2.31. The molecular formula is C15H24N2O. The lowest BCUT2D eigenvalue weighted by atomic mass is 10.1. The molecule has 18 heavy (non-hydrogen) atoms. The van der Waals surface area contributed by atoms with Crippen LogP contribution in [0.5, 0.6) is 0 Å². The summed E-state index contributed by atoms with van der Waals surface area (Å²) in [6.07, 6.45) is 1.98. The molecule has 0 aliphatic carbocycles. The molecule has 0 radical (unpaired) electrons. The number of nitrogens with zero attached hydrogens (tertiary/aromatic N) is 1. The van der Waals surface area contributed by atoms with E-state index < -0.39 is 0 Å². The maximum Gasteiger partial charge on any atom is 0.0451 e. The van der Waals surface area contributed by atoms with Crippen LogP contribution in [-0.4, -0.2) is 36.9 Å². The van der Waals surface area contributed by atoms with Crippen LogP contribution in [0.3, 0.4) is 0 Å². The number of benzene rings is 1. The molecule has 3 nitrogen and oxygen atoms in total. The fraction of sp³-hybridized carbons (Fsp3) is 0.600. The molecular weight excluding hydrogens is 224 g/mol. The standard InChI is InChI=1S/C15H24N2O/c1-12-4-3-5-14(10-12)17-8-6-13(2)16-11-15(17)7-9-18/h3-5,10,13,15-16,18H,6-9,11H2,1-2H3. The van der Waals surface area contributed by atoms with E-state index in [-0.39, 0.29) is 6.61 Å². The summed E-state index contributed by atoms with van der Waals surface area (Å²) >= 11 is 0. The summed E-state index contributed by atoms with van der Waals surface area (Å²) in [4.78, 5) is 2.44. The van der Waals surface area contributed by atoms with Gasteiger partial charge < -0.3 is 15.3 Å². The van der Waals surface area contributed by atoms with Gasteiger partial charge in [-0.1, -0.05) is 12.1 Å². The smallest absolute Gasteiger partial charge is 0.0451 e. The molecule has 0 saturated carbocycles. The van der Waals surface area contributed by atoms with Gasteiger partial charge in [0, 0.05) is 37.5 Å². The van der Waals surface area contributed by atoms with Crippen LogP contribution in [0, 0.1) is 6.92 Å². The molecule has 100 valence electrons. The predicted octanol–water partition coefficient (Wildman–Crippen LogP) is 1.93. The number of anilines is 1. The molecule has 1 aliphatic rings. The van der Waals surface area contributed by atoms with E-state index in [1.165, 1.54) is 11.3 Å². The quantitative estimate of drug-likeness (QED) is 0.858. The number of aliphatic hydroxyl groups excluding tert-OH is 1. The Morgan fingerprint density at radius 2 is 2.28 bits per heavy atom. The van der Waals surface area contributed by atoms with Gasteiger partial charge in [-0.05, 0) is 44.4 Å². The number of hydrogen-bond donors (Lipinski definition) is 2. The molecule has 0 bridgehead atoms. The zero-order valence-electron chi connectivity index (χ0n) is 11.4. The largest absolute Gasteiger partial charge is 0.396 e. The molecule has 1 aromatic rings. The van der Waals surface area contributed by atoms with Gasteiger partial charge in [-0.3, -0.25) is 0 Å². The zero-order valence-corrected chi connectivity index (χ0v) is 11.4. The van der Waals surface area contributed by atoms with Crippen LogP contribution >= 0.6 is 0 Å². The highest BCUT2D eigenvalue weighted by atomic mass is 16.3. The summed E-state index contributed by atoms with van der Waals surface area (Å²) in [6.45, 7) is 6.62. The van der Waals surface area contributed by atoms with E-state index >= 15 is 0 Å². The normalized spacial score (nSPS) is 24.9. The van der Waals surface area contributed by atoms with Crippen LogP contribution in [0.15, 0.2) is 24.3 Å². The first-order valence-electron chi connectivity index (χ1n) is 6.88.